The standard InChI is InChI=1S/C6H11NO/c7-6-4-1-2-8-3-5(4)6/h4-6H,1-3,7H2/t4-,5-,6+/m1/s1. The Hall–Kier alpha value is -0.0800. The van der Waals surface area contributed by atoms with Crippen molar-refractivity contribution in [3.05, 3.63) is 0 Å². The second-order valence-corrected chi connectivity index (χ2v) is 2.77. The normalized spacial score (nSPS) is 52.9. The smallest absolute Gasteiger partial charge is 0.0512 e. The van der Waals surface area contributed by atoms with Crippen LogP contribution in [0.3, 0.4) is 0 Å². The highest BCUT2D eigenvalue weighted by atomic mass is 16.5. The minimum atomic E-state index is 0.484. The second-order valence-electron chi connectivity index (χ2n) is 2.77. The summed E-state index contributed by atoms with van der Waals surface area (Å²) in [7, 11) is 0. The van der Waals surface area contributed by atoms with E-state index in [1.54, 1.807) is 0 Å². The number of rotatable bonds is 0. The van der Waals surface area contributed by atoms with Crippen LogP contribution >= 0.6 is 0 Å². The molecule has 1 aliphatic carbocycles. The fourth-order valence-corrected chi connectivity index (χ4v) is 1.55. The fourth-order valence-electron chi connectivity index (χ4n) is 1.55. The third kappa shape index (κ3) is 0.501. The van der Waals surface area contributed by atoms with Crippen molar-refractivity contribution in [1.29, 1.82) is 0 Å². The lowest BCUT2D eigenvalue weighted by Gasteiger charge is -2.06. The Morgan fingerprint density at radius 2 is 2.25 bits per heavy atom. The van der Waals surface area contributed by atoms with Crippen molar-refractivity contribution in [2.24, 2.45) is 17.6 Å². The number of fused-ring (bicyclic) bond motifs is 1. The van der Waals surface area contributed by atoms with E-state index in [1.165, 1.54) is 6.42 Å². The van der Waals surface area contributed by atoms with E-state index in [1.807, 2.05) is 0 Å². The van der Waals surface area contributed by atoms with Crippen molar-refractivity contribution in [2.45, 2.75) is 12.5 Å². The Bertz CT molecular complexity index is 92.7. The summed E-state index contributed by atoms with van der Waals surface area (Å²) in [6.07, 6.45) is 1.20. The molecule has 1 aliphatic heterocycles. The molecule has 2 fully saturated rings. The molecule has 0 radical (unpaired) electrons. The number of nitrogens with two attached hydrogens (primary N) is 1. The summed E-state index contributed by atoms with van der Waals surface area (Å²) < 4.78 is 5.21. The third-order valence-electron chi connectivity index (χ3n) is 2.30. The maximum absolute atomic E-state index is 5.69. The molecular weight excluding hydrogens is 102 g/mol. The molecule has 0 aromatic carbocycles. The van der Waals surface area contributed by atoms with E-state index >= 15 is 0 Å². The predicted octanol–water partition coefficient (Wildman–Crippen LogP) is -0.0200. The summed E-state index contributed by atoms with van der Waals surface area (Å²) in [5, 5.41) is 0. The highest BCUT2D eigenvalue weighted by Gasteiger charge is 2.48. The molecule has 2 nitrogen and oxygen atoms in total. The van der Waals surface area contributed by atoms with E-state index in [2.05, 4.69) is 0 Å². The summed E-state index contributed by atoms with van der Waals surface area (Å²) in [6, 6.07) is 0.484. The molecule has 0 unspecified atom stereocenters. The van der Waals surface area contributed by atoms with Gasteiger partial charge >= 0.3 is 0 Å². The zero-order valence-corrected chi connectivity index (χ0v) is 4.84. The summed E-state index contributed by atoms with van der Waals surface area (Å²) in [5.41, 5.74) is 5.69. The van der Waals surface area contributed by atoms with Crippen molar-refractivity contribution < 1.29 is 4.74 Å². The SMILES string of the molecule is N[C@H]1[C@@H]2CCOC[C@@H]12. The van der Waals surface area contributed by atoms with Crippen LogP contribution in [0.4, 0.5) is 0 Å². The van der Waals surface area contributed by atoms with Crippen LogP contribution in [0.25, 0.3) is 0 Å². The average molecular weight is 113 g/mol. The van der Waals surface area contributed by atoms with Gasteiger partial charge in [-0.15, -0.1) is 0 Å². The van der Waals surface area contributed by atoms with Crippen LogP contribution < -0.4 is 5.73 Å². The molecule has 0 amide bonds. The third-order valence-corrected chi connectivity index (χ3v) is 2.30. The highest BCUT2D eigenvalue weighted by molar-refractivity contribution is 5.02. The van der Waals surface area contributed by atoms with E-state index in [0.717, 1.165) is 25.0 Å². The van der Waals surface area contributed by atoms with E-state index in [9.17, 15) is 0 Å². The van der Waals surface area contributed by atoms with Gasteiger partial charge in [0.15, 0.2) is 0 Å². The molecule has 3 atom stereocenters. The van der Waals surface area contributed by atoms with Crippen LogP contribution in [0, 0.1) is 11.8 Å². The van der Waals surface area contributed by atoms with Gasteiger partial charge < -0.3 is 10.5 Å². The molecule has 0 bridgehead atoms. The molecular formula is C6H11NO. The number of hydrogen-bond donors (Lipinski definition) is 1. The van der Waals surface area contributed by atoms with Gasteiger partial charge in [-0.1, -0.05) is 0 Å². The molecule has 1 saturated carbocycles. The lowest BCUT2D eigenvalue weighted by molar-refractivity contribution is 0.0888. The van der Waals surface area contributed by atoms with Crippen LogP contribution in [-0.2, 0) is 4.74 Å². The van der Waals surface area contributed by atoms with Gasteiger partial charge in [0.25, 0.3) is 0 Å². The lowest BCUT2D eigenvalue weighted by Crippen LogP contribution is -2.07. The minimum absolute atomic E-state index is 0.484. The Balaban J connectivity index is 1.97. The second kappa shape index (κ2) is 1.45. The molecule has 0 aromatic heterocycles. The van der Waals surface area contributed by atoms with Crippen molar-refractivity contribution in [1.82, 2.24) is 0 Å². The Morgan fingerprint density at radius 3 is 2.75 bits per heavy atom. The van der Waals surface area contributed by atoms with Gasteiger partial charge in [-0.25, -0.2) is 0 Å². The van der Waals surface area contributed by atoms with Gasteiger partial charge in [-0.3, -0.25) is 0 Å². The number of hydrogen-bond acceptors (Lipinski definition) is 2. The molecule has 2 rings (SSSR count). The Labute approximate surface area is 49.0 Å². The first kappa shape index (κ1) is 4.77. The topological polar surface area (TPSA) is 35.2 Å². The molecule has 0 spiro atoms. The fraction of sp³-hybridized carbons (Fsp3) is 1.00. The minimum Gasteiger partial charge on any atom is -0.381 e. The summed E-state index contributed by atoms with van der Waals surface area (Å²) >= 11 is 0. The van der Waals surface area contributed by atoms with Gasteiger partial charge in [0.05, 0.1) is 6.61 Å². The summed E-state index contributed by atoms with van der Waals surface area (Å²) in [5.74, 6) is 1.55. The molecule has 1 heterocycles. The quantitative estimate of drug-likeness (QED) is 0.479. The average Bonchev–Trinajstić information content (AvgIpc) is 2.46. The van der Waals surface area contributed by atoms with Gasteiger partial charge in [0.2, 0.25) is 0 Å². The highest BCUT2D eigenvalue weighted by Crippen LogP contribution is 2.42. The van der Waals surface area contributed by atoms with Crippen molar-refractivity contribution in [3.8, 4) is 0 Å². The first-order valence-corrected chi connectivity index (χ1v) is 3.23. The monoisotopic (exact) mass is 113 g/mol. The predicted molar refractivity (Wildman–Crippen MR) is 30.4 cm³/mol. The first-order chi connectivity index (χ1) is 3.89. The van der Waals surface area contributed by atoms with Gasteiger partial charge in [0.1, 0.15) is 0 Å². The summed E-state index contributed by atoms with van der Waals surface area (Å²) in [6.45, 7) is 1.86. The molecule has 8 heavy (non-hydrogen) atoms. The lowest BCUT2D eigenvalue weighted by atomic mass is 10.2. The van der Waals surface area contributed by atoms with Gasteiger partial charge in [-0.05, 0) is 12.3 Å². The van der Waals surface area contributed by atoms with Crippen LogP contribution in [0.15, 0.2) is 0 Å². The van der Waals surface area contributed by atoms with Crippen LogP contribution in [-0.4, -0.2) is 19.3 Å². The van der Waals surface area contributed by atoms with Crippen LogP contribution in [0.5, 0.6) is 0 Å². The largest absolute Gasteiger partial charge is 0.381 e. The molecule has 1 saturated heterocycles. The van der Waals surface area contributed by atoms with Gasteiger partial charge in [0, 0.05) is 18.6 Å². The van der Waals surface area contributed by atoms with Crippen molar-refractivity contribution in [3.63, 3.8) is 0 Å². The molecule has 2 N–H and O–H groups in total. The molecule has 0 aromatic rings. The summed E-state index contributed by atoms with van der Waals surface area (Å²) in [4.78, 5) is 0. The molecule has 46 valence electrons. The van der Waals surface area contributed by atoms with Crippen molar-refractivity contribution in [2.75, 3.05) is 13.2 Å². The van der Waals surface area contributed by atoms with E-state index in [4.69, 9.17) is 10.5 Å². The van der Waals surface area contributed by atoms with E-state index < -0.39 is 0 Å². The molecule has 2 heteroatoms. The zero-order chi connectivity index (χ0) is 5.56. The molecule has 2 aliphatic rings. The Kier molecular flexibility index (Phi) is 0.866. The first-order valence-electron chi connectivity index (χ1n) is 3.23. The van der Waals surface area contributed by atoms with Crippen LogP contribution in [0.2, 0.25) is 0 Å². The van der Waals surface area contributed by atoms with E-state index in [0.29, 0.717) is 6.04 Å². The zero-order valence-electron chi connectivity index (χ0n) is 4.84. The van der Waals surface area contributed by atoms with Crippen LogP contribution in [0.1, 0.15) is 6.42 Å². The van der Waals surface area contributed by atoms with E-state index in [-0.39, 0.29) is 0 Å². The van der Waals surface area contributed by atoms with Crippen molar-refractivity contribution >= 4 is 0 Å². The van der Waals surface area contributed by atoms with Gasteiger partial charge in [-0.2, -0.15) is 0 Å². The number of ether oxygens (including phenoxy) is 1. The Morgan fingerprint density at radius 1 is 1.38 bits per heavy atom. The maximum Gasteiger partial charge on any atom is 0.0512 e. The maximum atomic E-state index is 5.69.